The molecule has 0 radical (unpaired) electrons. The molecule has 1 aromatic heterocycles. The normalized spacial score (nSPS) is 17.6. The molecule has 0 bridgehead atoms. The number of carbonyl (C=O) groups is 1. The number of ether oxygens (including phenoxy) is 1. The van der Waals surface area contributed by atoms with Crippen molar-refractivity contribution in [3.63, 3.8) is 0 Å². The number of nitrogens with one attached hydrogen (secondary N) is 1. The third-order valence-corrected chi connectivity index (χ3v) is 4.17. The highest BCUT2D eigenvalue weighted by Crippen LogP contribution is 2.33. The number of aromatic amines is 1. The Kier molecular flexibility index (Phi) is 3.44. The molecule has 104 valence electrons. The monoisotopic (exact) mass is 288 g/mol. The molecule has 0 spiro atoms. The average Bonchev–Trinajstić information content (AvgIpc) is 2.87. The minimum atomic E-state index is -0.361. The molecule has 20 heavy (non-hydrogen) atoms. The highest BCUT2D eigenvalue weighted by atomic mass is 32.1. The molecule has 0 saturated carbocycles. The van der Waals surface area contributed by atoms with Crippen LogP contribution in [0.3, 0.4) is 0 Å². The van der Waals surface area contributed by atoms with Gasteiger partial charge in [0.1, 0.15) is 5.69 Å². The van der Waals surface area contributed by atoms with E-state index in [4.69, 9.17) is 17.0 Å². The van der Waals surface area contributed by atoms with Gasteiger partial charge in [0.25, 0.3) is 0 Å². The number of aromatic nitrogens is 2. The van der Waals surface area contributed by atoms with Gasteiger partial charge in [-0.05, 0) is 42.6 Å². The minimum absolute atomic E-state index is 0.104. The number of nitrogens with zero attached hydrogens (tertiary/aromatic N) is 1. The Labute approximate surface area is 122 Å². The van der Waals surface area contributed by atoms with Gasteiger partial charge in [-0.15, -0.1) is 0 Å². The highest BCUT2D eigenvalue weighted by Gasteiger charge is 2.26. The molecule has 0 amide bonds. The number of imidazole rings is 1. The second kappa shape index (κ2) is 5.25. The summed E-state index contributed by atoms with van der Waals surface area (Å²) in [6.07, 6.45) is 4.78. The van der Waals surface area contributed by atoms with Crippen LogP contribution in [0.15, 0.2) is 30.5 Å². The number of fused-ring (bicyclic) bond motifs is 1. The zero-order valence-electron chi connectivity index (χ0n) is 11.3. The summed E-state index contributed by atoms with van der Waals surface area (Å²) in [6, 6.07) is 8.46. The minimum Gasteiger partial charge on any atom is -0.464 e. The van der Waals surface area contributed by atoms with Gasteiger partial charge in [0, 0.05) is 6.20 Å². The van der Waals surface area contributed by atoms with Gasteiger partial charge in [0.05, 0.1) is 13.2 Å². The number of hydrogen-bond acceptors (Lipinski definition) is 3. The predicted molar refractivity (Wildman–Crippen MR) is 78.5 cm³/mol. The lowest BCUT2D eigenvalue weighted by molar-refractivity contribution is 0.0586. The SMILES string of the molecule is COC(=O)c1c[nH]c(=S)n1[C@H]1CCCc2ccccc21. The predicted octanol–water partition coefficient (Wildman–Crippen LogP) is 3.26. The first kappa shape index (κ1) is 13.1. The van der Waals surface area contributed by atoms with Gasteiger partial charge >= 0.3 is 5.97 Å². The van der Waals surface area contributed by atoms with Crippen molar-refractivity contribution in [2.75, 3.05) is 7.11 Å². The topological polar surface area (TPSA) is 47.0 Å². The molecule has 2 aromatic rings. The van der Waals surface area contributed by atoms with Crippen LogP contribution in [-0.4, -0.2) is 22.6 Å². The summed E-state index contributed by atoms with van der Waals surface area (Å²) in [5, 5.41) is 0. The van der Waals surface area contributed by atoms with E-state index in [1.807, 2.05) is 10.6 Å². The van der Waals surface area contributed by atoms with Crippen LogP contribution in [0.4, 0.5) is 0 Å². The number of hydrogen-bond donors (Lipinski definition) is 1. The summed E-state index contributed by atoms with van der Waals surface area (Å²) in [5.41, 5.74) is 3.07. The molecule has 0 unspecified atom stereocenters. The van der Waals surface area contributed by atoms with E-state index in [2.05, 4.69) is 23.2 Å². The van der Waals surface area contributed by atoms with E-state index in [-0.39, 0.29) is 12.0 Å². The molecule has 1 heterocycles. The van der Waals surface area contributed by atoms with Crippen molar-refractivity contribution in [1.82, 2.24) is 9.55 Å². The van der Waals surface area contributed by atoms with E-state index in [0.29, 0.717) is 10.5 Å². The zero-order valence-corrected chi connectivity index (χ0v) is 12.1. The fraction of sp³-hybridized carbons (Fsp3) is 0.333. The first-order valence-electron chi connectivity index (χ1n) is 6.68. The van der Waals surface area contributed by atoms with Gasteiger partial charge in [0.2, 0.25) is 0 Å². The summed E-state index contributed by atoms with van der Waals surface area (Å²) in [6.45, 7) is 0. The van der Waals surface area contributed by atoms with Gasteiger partial charge in [-0.3, -0.25) is 0 Å². The van der Waals surface area contributed by atoms with Crippen molar-refractivity contribution >= 4 is 18.2 Å². The Morgan fingerprint density at radius 3 is 3.05 bits per heavy atom. The standard InChI is InChI=1S/C15H16N2O2S/c1-19-14(18)13-9-16-15(20)17(13)12-8-4-6-10-5-2-3-7-11(10)12/h2-3,5,7,9,12H,4,6,8H2,1H3,(H,16,20)/t12-/m0/s1. The molecule has 1 atom stereocenters. The molecular weight excluding hydrogens is 272 g/mol. The molecule has 3 rings (SSSR count). The number of benzene rings is 1. The van der Waals surface area contributed by atoms with Crippen molar-refractivity contribution in [2.45, 2.75) is 25.3 Å². The summed E-state index contributed by atoms with van der Waals surface area (Å²) in [5.74, 6) is -0.361. The van der Waals surface area contributed by atoms with Crippen molar-refractivity contribution in [3.8, 4) is 0 Å². The van der Waals surface area contributed by atoms with Crippen LogP contribution in [0.5, 0.6) is 0 Å². The molecule has 0 saturated heterocycles. The Morgan fingerprint density at radius 1 is 1.45 bits per heavy atom. The van der Waals surface area contributed by atoms with Crippen LogP contribution >= 0.6 is 12.2 Å². The first-order chi connectivity index (χ1) is 9.72. The molecule has 1 aliphatic rings. The lowest BCUT2D eigenvalue weighted by Crippen LogP contribution is -2.21. The van der Waals surface area contributed by atoms with Crippen molar-refractivity contribution < 1.29 is 9.53 Å². The maximum atomic E-state index is 11.9. The van der Waals surface area contributed by atoms with Crippen molar-refractivity contribution in [1.29, 1.82) is 0 Å². The Balaban J connectivity index is 2.14. The largest absolute Gasteiger partial charge is 0.464 e. The number of methoxy groups -OCH3 is 1. The van der Waals surface area contributed by atoms with Gasteiger partial charge in [-0.1, -0.05) is 24.3 Å². The van der Waals surface area contributed by atoms with Crippen LogP contribution in [0.2, 0.25) is 0 Å². The molecule has 4 nitrogen and oxygen atoms in total. The number of rotatable bonds is 2. The maximum Gasteiger partial charge on any atom is 0.356 e. The Bertz CT molecular complexity index is 702. The third-order valence-electron chi connectivity index (χ3n) is 3.85. The van der Waals surface area contributed by atoms with E-state index >= 15 is 0 Å². The van der Waals surface area contributed by atoms with Gasteiger partial charge < -0.3 is 14.3 Å². The average molecular weight is 288 g/mol. The van der Waals surface area contributed by atoms with Crippen LogP contribution in [-0.2, 0) is 11.2 Å². The van der Waals surface area contributed by atoms with E-state index in [1.165, 1.54) is 18.2 Å². The number of esters is 1. The lowest BCUT2D eigenvalue weighted by Gasteiger charge is -2.27. The van der Waals surface area contributed by atoms with Crippen LogP contribution in [0.25, 0.3) is 0 Å². The fourth-order valence-electron chi connectivity index (χ4n) is 2.95. The second-order valence-electron chi connectivity index (χ2n) is 4.95. The smallest absolute Gasteiger partial charge is 0.356 e. The van der Waals surface area contributed by atoms with Crippen LogP contribution < -0.4 is 0 Å². The van der Waals surface area contributed by atoms with E-state index < -0.39 is 0 Å². The molecule has 1 aromatic carbocycles. The van der Waals surface area contributed by atoms with Gasteiger partial charge in [-0.25, -0.2) is 4.79 Å². The Morgan fingerprint density at radius 2 is 2.25 bits per heavy atom. The van der Waals surface area contributed by atoms with E-state index in [9.17, 15) is 4.79 Å². The summed E-state index contributed by atoms with van der Waals surface area (Å²) in [7, 11) is 1.39. The molecule has 1 aliphatic carbocycles. The quantitative estimate of drug-likeness (QED) is 0.681. The second-order valence-corrected chi connectivity index (χ2v) is 5.33. The molecule has 0 fully saturated rings. The number of carbonyl (C=O) groups excluding carboxylic acids is 1. The maximum absolute atomic E-state index is 11.9. The fourth-order valence-corrected chi connectivity index (χ4v) is 3.23. The summed E-state index contributed by atoms with van der Waals surface area (Å²) in [4.78, 5) is 14.9. The van der Waals surface area contributed by atoms with Gasteiger partial charge in [0.15, 0.2) is 4.77 Å². The van der Waals surface area contributed by atoms with Crippen LogP contribution in [0, 0.1) is 4.77 Å². The highest BCUT2D eigenvalue weighted by molar-refractivity contribution is 7.71. The van der Waals surface area contributed by atoms with Crippen LogP contribution in [0.1, 0.15) is 40.5 Å². The molecular formula is C15H16N2O2S. The molecule has 1 N–H and O–H groups in total. The molecule has 0 aliphatic heterocycles. The zero-order chi connectivity index (χ0) is 14.1. The van der Waals surface area contributed by atoms with E-state index in [1.54, 1.807) is 6.20 Å². The third kappa shape index (κ3) is 2.08. The summed E-state index contributed by atoms with van der Waals surface area (Å²) >= 11 is 5.35. The lowest BCUT2D eigenvalue weighted by atomic mass is 9.87. The number of H-pyrrole nitrogens is 1. The number of aryl methyl sites for hydroxylation is 1. The van der Waals surface area contributed by atoms with E-state index in [0.717, 1.165) is 19.3 Å². The Hall–Kier alpha value is -1.88. The van der Waals surface area contributed by atoms with Crippen molar-refractivity contribution in [2.24, 2.45) is 0 Å². The van der Waals surface area contributed by atoms with Crippen molar-refractivity contribution in [3.05, 3.63) is 52.1 Å². The van der Waals surface area contributed by atoms with Gasteiger partial charge in [-0.2, -0.15) is 0 Å². The summed E-state index contributed by atoms with van der Waals surface area (Å²) < 4.78 is 7.29. The molecule has 5 heteroatoms. The first-order valence-corrected chi connectivity index (χ1v) is 7.09.